The van der Waals surface area contributed by atoms with Crippen molar-refractivity contribution in [3.05, 3.63) is 16.1 Å². The Hall–Kier alpha value is -1.14. The summed E-state index contributed by atoms with van der Waals surface area (Å²) in [5.74, 6) is 1.73. The zero-order chi connectivity index (χ0) is 15.8. The number of hydrogen-bond acceptors (Lipinski definition) is 4. The maximum absolute atomic E-state index is 4.48. The van der Waals surface area contributed by atoms with Gasteiger partial charge in [-0.3, -0.25) is 4.99 Å². The molecule has 0 saturated carbocycles. The van der Waals surface area contributed by atoms with Crippen molar-refractivity contribution < 1.29 is 0 Å². The first-order valence-corrected chi connectivity index (χ1v) is 9.13. The lowest BCUT2D eigenvalue weighted by Crippen LogP contribution is -2.44. The lowest BCUT2D eigenvalue weighted by atomic mass is 10.0. The van der Waals surface area contributed by atoms with Gasteiger partial charge in [-0.1, -0.05) is 6.92 Å². The lowest BCUT2D eigenvalue weighted by molar-refractivity contribution is 0.187. The van der Waals surface area contributed by atoms with E-state index in [1.54, 1.807) is 11.3 Å². The maximum atomic E-state index is 4.48. The minimum Gasteiger partial charge on any atom is -0.356 e. The van der Waals surface area contributed by atoms with E-state index < -0.39 is 0 Å². The molecule has 1 fully saturated rings. The molecule has 0 radical (unpaired) electrons. The number of aromatic nitrogens is 1. The minimum atomic E-state index is 0.841. The van der Waals surface area contributed by atoms with Crippen molar-refractivity contribution in [3.8, 4) is 0 Å². The molecule has 22 heavy (non-hydrogen) atoms. The van der Waals surface area contributed by atoms with Gasteiger partial charge in [0.25, 0.3) is 0 Å². The van der Waals surface area contributed by atoms with Crippen molar-refractivity contribution in [3.63, 3.8) is 0 Å². The Kier molecular flexibility index (Phi) is 7.12. The molecule has 2 heterocycles. The van der Waals surface area contributed by atoms with Gasteiger partial charge in [-0.2, -0.15) is 0 Å². The summed E-state index contributed by atoms with van der Waals surface area (Å²) in [5.41, 5.74) is 1.16. The molecule has 2 N–H and O–H groups in total. The number of nitrogens with one attached hydrogen (secondary N) is 2. The van der Waals surface area contributed by atoms with Gasteiger partial charge in [0.2, 0.25) is 0 Å². The fourth-order valence-electron chi connectivity index (χ4n) is 2.87. The van der Waals surface area contributed by atoms with Crippen LogP contribution in [-0.4, -0.2) is 55.6 Å². The van der Waals surface area contributed by atoms with Crippen LogP contribution in [0.4, 0.5) is 0 Å². The van der Waals surface area contributed by atoms with E-state index in [1.807, 2.05) is 14.0 Å². The lowest BCUT2D eigenvalue weighted by Gasteiger charge is -2.30. The first-order valence-electron chi connectivity index (χ1n) is 8.25. The third-order valence-electron chi connectivity index (χ3n) is 4.03. The molecule has 1 unspecified atom stereocenters. The summed E-state index contributed by atoms with van der Waals surface area (Å²) < 4.78 is 0. The van der Waals surface area contributed by atoms with Gasteiger partial charge in [0.15, 0.2) is 5.96 Å². The van der Waals surface area contributed by atoms with Gasteiger partial charge in [-0.05, 0) is 32.2 Å². The summed E-state index contributed by atoms with van der Waals surface area (Å²) >= 11 is 1.71. The van der Waals surface area contributed by atoms with E-state index in [4.69, 9.17) is 0 Å². The number of hydrogen-bond donors (Lipinski definition) is 2. The highest BCUT2D eigenvalue weighted by Gasteiger charge is 2.15. The molecule has 1 aliphatic rings. The number of aryl methyl sites for hydroxylation is 1. The molecular weight excluding hydrogens is 294 g/mol. The molecule has 1 aliphatic heterocycles. The maximum Gasteiger partial charge on any atom is 0.191 e. The topological polar surface area (TPSA) is 52.6 Å². The quantitative estimate of drug-likeness (QED) is 0.620. The van der Waals surface area contributed by atoms with Crippen LogP contribution in [0.2, 0.25) is 0 Å². The number of aliphatic imine (C=N–C) groups is 1. The van der Waals surface area contributed by atoms with Crippen LogP contribution < -0.4 is 10.6 Å². The van der Waals surface area contributed by atoms with E-state index in [9.17, 15) is 0 Å². The highest BCUT2D eigenvalue weighted by atomic mass is 32.1. The Balaban J connectivity index is 1.60. The second-order valence-electron chi connectivity index (χ2n) is 6.08. The van der Waals surface area contributed by atoms with Gasteiger partial charge in [0, 0.05) is 45.0 Å². The molecule has 2 rings (SSSR count). The van der Waals surface area contributed by atoms with Crippen molar-refractivity contribution in [2.45, 2.75) is 33.1 Å². The van der Waals surface area contributed by atoms with Crippen LogP contribution in [0, 0.1) is 12.8 Å². The number of piperidine rings is 1. The molecule has 1 atom stereocenters. The van der Waals surface area contributed by atoms with Crippen LogP contribution in [0.5, 0.6) is 0 Å². The first kappa shape index (κ1) is 17.2. The number of guanidine groups is 1. The molecule has 0 amide bonds. The molecule has 0 bridgehead atoms. The summed E-state index contributed by atoms with van der Waals surface area (Å²) in [5, 5.41) is 10.0. The first-order chi connectivity index (χ1) is 10.7. The molecule has 0 aromatic carbocycles. The molecule has 0 spiro atoms. The molecule has 6 heteroatoms. The summed E-state index contributed by atoms with van der Waals surface area (Å²) in [4.78, 5) is 11.3. The molecule has 1 aromatic rings. The normalized spacial score (nSPS) is 20.1. The predicted octanol–water partition coefficient (Wildman–Crippen LogP) is 1.89. The van der Waals surface area contributed by atoms with Crippen molar-refractivity contribution in [1.82, 2.24) is 20.5 Å². The van der Waals surface area contributed by atoms with Crippen LogP contribution in [0.25, 0.3) is 0 Å². The zero-order valence-electron chi connectivity index (χ0n) is 14.1. The fraction of sp³-hybridized carbons (Fsp3) is 0.750. The van der Waals surface area contributed by atoms with Crippen molar-refractivity contribution in [1.29, 1.82) is 0 Å². The number of likely N-dealkylation sites (tertiary alicyclic amines) is 1. The van der Waals surface area contributed by atoms with Crippen LogP contribution in [-0.2, 0) is 6.42 Å². The van der Waals surface area contributed by atoms with Gasteiger partial charge >= 0.3 is 0 Å². The van der Waals surface area contributed by atoms with Crippen LogP contribution in [0.15, 0.2) is 10.4 Å². The Morgan fingerprint density at radius 1 is 1.45 bits per heavy atom. The molecular formula is C16H29N5S. The van der Waals surface area contributed by atoms with Crippen LogP contribution in [0.1, 0.15) is 30.5 Å². The predicted molar refractivity (Wildman–Crippen MR) is 94.8 cm³/mol. The Bertz CT molecular complexity index is 471. The number of nitrogens with zero attached hydrogens (tertiary/aromatic N) is 3. The Labute approximate surface area is 138 Å². The minimum absolute atomic E-state index is 0.841. The van der Waals surface area contributed by atoms with Crippen LogP contribution in [0.3, 0.4) is 0 Å². The summed E-state index contributed by atoms with van der Waals surface area (Å²) in [7, 11) is 1.82. The van der Waals surface area contributed by atoms with Crippen molar-refractivity contribution in [2.24, 2.45) is 10.9 Å². The second-order valence-corrected chi connectivity index (χ2v) is 7.14. The standard InChI is InChI=1S/C16H29N5S/c1-13-5-4-9-21(11-13)10-8-19-16(17-3)18-7-6-15-12-22-14(2)20-15/h12-13H,4-11H2,1-3H3,(H2,17,18,19). The van der Waals surface area contributed by atoms with Crippen LogP contribution >= 0.6 is 11.3 Å². The average Bonchev–Trinajstić information content (AvgIpc) is 2.91. The second kappa shape index (κ2) is 9.10. The van der Waals surface area contributed by atoms with Gasteiger partial charge in [-0.25, -0.2) is 4.98 Å². The fourth-order valence-corrected chi connectivity index (χ4v) is 3.52. The van der Waals surface area contributed by atoms with E-state index in [0.717, 1.165) is 48.6 Å². The van der Waals surface area contributed by atoms with Crippen molar-refractivity contribution >= 4 is 17.3 Å². The summed E-state index contributed by atoms with van der Waals surface area (Å²) in [6.07, 6.45) is 3.65. The van der Waals surface area contributed by atoms with E-state index in [-0.39, 0.29) is 0 Å². The van der Waals surface area contributed by atoms with Gasteiger partial charge in [0.1, 0.15) is 0 Å². The molecule has 1 aromatic heterocycles. The highest BCUT2D eigenvalue weighted by Crippen LogP contribution is 2.14. The van der Waals surface area contributed by atoms with Crippen molar-refractivity contribution in [2.75, 3.05) is 39.8 Å². The third-order valence-corrected chi connectivity index (χ3v) is 4.85. The largest absolute Gasteiger partial charge is 0.356 e. The third kappa shape index (κ3) is 5.93. The number of rotatable bonds is 6. The van der Waals surface area contributed by atoms with E-state index in [2.05, 4.69) is 37.8 Å². The Morgan fingerprint density at radius 2 is 2.27 bits per heavy atom. The number of thiazole rings is 1. The molecule has 124 valence electrons. The average molecular weight is 324 g/mol. The van der Waals surface area contributed by atoms with E-state index in [0.29, 0.717) is 0 Å². The van der Waals surface area contributed by atoms with Gasteiger partial charge < -0.3 is 15.5 Å². The molecule has 1 saturated heterocycles. The smallest absolute Gasteiger partial charge is 0.191 e. The van der Waals surface area contributed by atoms with Gasteiger partial charge in [-0.15, -0.1) is 11.3 Å². The summed E-state index contributed by atoms with van der Waals surface area (Å²) in [6.45, 7) is 9.77. The SMILES string of the molecule is CN=C(NCCc1csc(C)n1)NCCN1CCCC(C)C1. The zero-order valence-corrected chi connectivity index (χ0v) is 14.9. The highest BCUT2D eigenvalue weighted by molar-refractivity contribution is 7.09. The summed E-state index contributed by atoms with van der Waals surface area (Å²) in [6, 6.07) is 0. The van der Waals surface area contributed by atoms with E-state index >= 15 is 0 Å². The van der Waals surface area contributed by atoms with Gasteiger partial charge in [0.05, 0.1) is 10.7 Å². The van der Waals surface area contributed by atoms with E-state index in [1.165, 1.54) is 25.9 Å². The molecule has 5 nitrogen and oxygen atoms in total. The monoisotopic (exact) mass is 323 g/mol. The Morgan fingerprint density at radius 3 is 2.95 bits per heavy atom. The molecule has 0 aliphatic carbocycles.